The smallest absolute Gasteiger partial charge is 0.0948 e. The molecule has 0 bridgehead atoms. The molecule has 0 spiro atoms. The van der Waals surface area contributed by atoms with Crippen molar-refractivity contribution in [2.45, 2.75) is 38.2 Å². The van der Waals surface area contributed by atoms with Gasteiger partial charge in [0.2, 0.25) is 0 Å². The van der Waals surface area contributed by atoms with Gasteiger partial charge in [0.15, 0.2) is 0 Å². The molecule has 2 atom stereocenters. The first-order valence-corrected chi connectivity index (χ1v) is 7.09. The van der Waals surface area contributed by atoms with E-state index in [1.165, 1.54) is 11.1 Å². The van der Waals surface area contributed by atoms with Gasteiger partial charge in [0.1, 0.15) is 0 Å². The van der Waals surface area contributed by atoms with Crippen molar-refractivity contribution in [3.05, 3.63) is 35.4 Å². The molecule has 0 aliphatic heterocycles. The van der Waals surface area contributed by atoms with Crippen LogP contribution >= 0.6 is 0 Å². The largest absolute Gasteiger partial charge is 0.387 e. The van der Waals surface area contributed by atoms with Crippen molar-refractivity contribution in [3.8, 4) is 0 Å². The molecule has 0 fully saturated rings. The molecule has 1 aromatic rings. The van der Waals surface area contributed by atoms with Crippen LogP contribution in [0.2, 0.25) is 0 Å². The summed E-state index contributed by atoms with van der Waals surface area (Å²) in [6.45, 7) is 2.86. The highest BCUT2D eigenvalue weighted by Crippen LogP contribution is 2.44. The number of hydrogen-bond acceptors (Lipinski definition) is 3. The van der Waals surface area contributed by atoms with E-state index in [9.17, 15) is 5.11 Å². The molecule has 0 heterocycles. The Labute approximate surface area is 115 Å². The molecule has 0 saturated heterocycles. The Morgan fingerprint density at radius 3 is 2.63 bits per heavy atom. The van der Waals surface area contributed by atoms with Gasteiger partial charge in [-0.25, -0.2) is 0 Å². The van der Waals surface area contributed by atoms with Crippen LogP contribution in [0, 0.1) is 5.41 Å². The van der Waals surface area contributed by atoms with Crippen molar-refractivity contribution in [2.75, 3.05) is 20.3 Å². The van der Waals surface area contributed by atoms with E-state index < -0.39 is 5.60 Å². The highest BCUT2D eigenvalue weighted by molar-refractivity contribution is 5.32. The van der Waals surface area contributed by atoms with Gasteiger partial charge in [-0.1, -0.05) is 31.2 Å². The minimum atomic E-state index is -0.843. The second-order valence-electron chi connectivity index (χ2n) is 5.75. The molecule has 1 aromatic carbocycles. The zero-order chi connectivity index (χ0) is 13.9. The van der Waals surface area contributed by atoms with E-state index in [0.717, 1.165) is 19.3 Å². The minimum Gasteiger partial charge on any atom is -0.387 e. The van der Waals surface area contributed by atoms with Crippen LogP contribution in [0.5, 0.6) is 0 Å². The van der Waals surface area contributed by atoms with Crippen LogP contribution in [-0.2, 0) is 17.6 Å². The maximum Gasteiger partial charge on any atom is 0.0948 e. The van der Waals surface area contributed by atoms with Gasteiger partial charge < -0.3 is 15.6 Å². The van der Waals surface area contributed by atoms with Gasteiger partial charge in [-0.2, -0.15) is 0 Å². The van der Waals surface area contributed by atoms with E-state index >= 15 is 0 Å². The Morgan fingerprint density at radius 2 is 2.05 bits per heavy atom. The van der Waals surface area contributed by atoms with Crippen molar-refractivity contribution in [1.82, 2.24) is 0 Å². The number of rotatable bonds is 5. The fraction of sp³-hybridized carbons (Fsp3) is 0.625. The molecule has 19 heavy (non-hydrogen) atoms. The molecule has 3 nitrogen and oxygen atoms in total. The molecule has 3 N–H and O–H groups in total. The number of aliphatic hydroxyl groups is 1. The molecule has 1 aliphatic rings. The number of fused-ring (bicyclic) bond motifs is 1. The van der Waals surface area contributed by atoms with E-state index in [1.807, 2.05) is 6.92 Å². The van der Waals surface area contributed by atoms with Gasteiger partial charge in [0.25, 0.3) is 0 Å². The second-order valence-corrected chi connectivity index (χ2v) is 5.75. The Balaban J connectivity index is 2.35. The molecule has 0 radical (unpaired) electrons. The lowest BCUT2D eigenvalue weighted by Gasteiger charge is -2.49. The van der Waals surface area contributed by atoms with Gasteiger partial charge in [-0.05, 0) is 36.8 Å². The Kier molecular flexibility index (Phi) is 4.29. The molecule has 0 amide bonds. The molecule has 0 saturated carbocycles. The van der Waals surface area contributed by atoms with Gasteiger partial charge in [0.05, 0.1) is 12.2 Å². The highest BCUT2D eigenvalue weighted by atomic mass is 16.5. The average molecular weight is 263 g/mol. The summed E-state index contributed by atoms with van der Waals surface area (Å²) in [6, 6.07) is 8.47. The molecule has 2 unspecified atom stereocenters. The molecule has 3 heteroatoms. The van der Waals surface area contributed by atoms with Crippen molar-refractivity contribution >= 4 is 0 Å². The zero-order valence-electron chi connectivity index (χ0n) is 12.0. The summed E-state index contributed by atoms with van der Waals surface area (Å²) in [5.74, 6) is 0. The SMILES string of the molecule is CCC(O)(COC)C1(CN)CCc2ccccc2C1. The van der Waals surface area contributed by atoms with Crippen LogP contribution in [-0.4, -0.2) is 31.0 Å². The number of benzene rings is 1. The summed E-state index contributed by atoms with van der Waals surface area (Å²) in [5, 5.41) is 11.0. The number of aryl methyl sites for hydroxylation is 1. The van der Waals surface area contributed by atoms with Crippen molar-refractivity contribution in [2.24, 2.45) is 11.1 Å². The molecular formula is C16H25NO2. The highest BCUT2D eigenvalue weighted by Gasteiger charge is 2.49. The van der Waals surface area contributed by atoms with Gasteiger partial charge >= 0.3 is 0 Å². The molecule has 106 valence electrons. The van der Waals surface area contributed by atoms with Crippen LogP contribution in [0.15, 0.2) is 24.3 Å². The van der Waals surface area contributed by atoms with Crippen molar-refractivity contribution in [1.29, 1.82) is 0 Å². The lowest BCUT2D eigenvalue weighted by Crippen LogP contribution is -2.57. The third kappa shape index (κ3) is 2.42. The number of hydrogen-bond donors (Lipinski definition) is 2. The summed E-state index contributed by atoms with van der Waals surface area (Å²) >= 11 is 0. The predicted molar refractivity (Wildman–Crippen MR) is 77.1 cm³/mol. The average Bonchev–Trinajstić information content (AvgIpc) is 2.46. The predicted octanol–water partition coefficient (Wildman–Crippen LogP) is 1.91. The topological polar surface area (TPSA) is 55.5 Å². The zero-order valence-corrected chi connectivity index (χ0v) is 12.0. The summed E-state index contributed by atoms with van der Waals surface area (Å²) in [7, 11) is 1.64. The summed E-state index contributed by atoms with van der Waals surface area (Å²) in [6.07, 6.45) is 3.42. The Hall–Kier alpha value is -0.900. The number of nitrogens with two attached hydrogens (primary N) is 1. The first kappa shape index (κ1) is 14.5. The van der Waals surface area contributed by atoms with Crippen LogP contribution in [0.3, 0.4) is 0 Å². The van der Waals surface area contributed by atoms with Gasteiger partial charge in [-0.3, -0.25) is 0 Å². The lowest BCUT2D eigenvalue weighted by atomic mass is 9.61. The third-order valence-corrected chi connectivity index (χ3v) is 4.87. The van der Waals surface area contributed by atoms with Crippen LogP contribution in [0.4, 0.5) is 0 Å². The van der Waals surface area contributed by atoms with E-state index in [4.69, 9.17) is 10.5 Å². The maximum atomic E-state index is 11.0. The van der Waals surface area contributed by atoms with Gasteiger partial charge in [0, 0.05) is 19.1 Å². The minimum absolute atomic E-state index is 0.272. The second kappa shape index (κ2) is 5.61. The van der Waals surface area contributed by atoms with Gasteiger partial charge in [-0.15, -0.1) is 0 Å². The first-order chi connectivity index (χ1) is 9.11. The van der Waals surface area contributed by atoms with E-state index in [2.05, 4.69) is 24.3 Å². The molecule has 1 aliphatic carbocycles. The normalized spacial score (nSPS) is 25.7. The fourth-order valence-electron chi connectivity index (χ4n) is 3.43. The van der Waals surface area contributed by atoms with Crippen LogP contribution in [0.25, 0.3) is 0 Å². The van der Waals surface area contributed by atoms with Crippen LogP contribution in [0.1, 0.15) is 30.9 Å². The summed E-state index contributed by atoms with van der Waals surface area (Å²) in [4.78, 5) is 0. The molecular weight excluding hydrogens is 238 g/mol. The quantitative estimate of drug-likeness (QED) is 0.853. The summed E-state index contributed by atoms with van der Waals surface area (Å²) < 4.78 is 5.26. The van der Waals surface area contributed by atoms with E-state index in [0.29, 0.717) is 19.6 Å². The summed E-state index contributed by atoms with van der Waals surface area (Å²) in [5.41, 5.74) is 7.67. The molecule has 2 rings (SSSR count). The van der Waals surface area contributed by atoms with Crippen molar-refractivity contribution < 1.29 is 9.84 Å². The fourth-order valence-corrected chi connectivity index (χ4v) is 3.43. The first-order valence-electron chi connectivity index (χ1n) is 7.09. The Morgan fingerprint density at radius 1 is 1.37 bits per heavy atom. The standard InChI is InChI=1S/C16H25NO2/c1-3-16(18,12-19-2)15(11-17)9-8-13-6-4-5-7-14(13)10-15/h4-7,18H,3,8-12,17H2,1-2H3. The number of methoxy groups -OCH3 is 1. The maximum absolute atomic E-state index is 11.0. The number of ether oxygens (including phenoxy) is 1. The van der Waals surface area contributed by atoms with E-state index in [1.54, 1.807) is 7.11 Å². The van der Waals surface area contributed by atoms with Crippen molar-refractivity contribution in [3.63, 3.8) is 0 Å². The third-order valence-electron chi connectivity index (χ3n) is 4.87. The monoisotopic (exact) mass is 263 g/mol. The molecule has 0 aromatic heterocycles. The Bertz CT molecular complexity index is 435. The van der Waals surface area contributed by atoms with Crippen LogP contribution < -0.4 is 5.73 Å². The van der Waals surface area contributed by atoms with E-state index in [-0.39, 0.29) is 5.41 Å². The lowest BCUT2D eigenvalue weighted by molar-refractivity contribution is -0.130.